The first kappa shape index (κ1) is 12.1. The molecule has 1 aromatic carbocycles. The first-order chi connectivity index (χ1) is 7.58. The molecule has 0 saturated heterocycles. The van der Waals surface area contributed by atoms with Crippen LogP contribution in [0.25, 0.3) is 0 Å². The largest absolute Gasteiger partial charge is 0.388 e. The quantitative estimate of drug-likeness (QED) is 0.877. The van der Waals surface area contributed by atoms with E-state index in [9.17, 15) is 5.11 Å². The van der Waals surface area contributed by atoms with Crippen molar-refractivity contribution in [3.8, 4) is 0 Å². The molecule has 16 heavy (non-hydrogen) atoms. The van der Waals surface area contributed by atoms with Crippen molar-refractivity contribution >= 4 is 15.9 Å². The predicted molar refractivity (Wildman–Crippen MR) is 70.5 cm³/mol. The molecular formula is C14H19BrO. The number of aryl methyl sites for hydroxylation is 2. The molecule has 0 aromatic heterocycles. The molecular weight excluding hydrogens is 264 g/mol. The minimum absolute atomic E-state index is 0.282. The molecule has 1 atom stereocenters. The van der Waals surface area contributed by atoms with Crippen molar-refractivity contribution in [2.75, 3.05) is 0 Å². The first-order valence-corrected chi connectivity index (χ1v) is 6.82. The summed E-state index contributed by atoms with van der Waals surface area (Å²) < 4.78 is 1.16. The summed E-state index contributed by atoms with van der Waals surface area (Å²) in [7, 11) is 0. The molecule has 2 heteroatoms. The lowest BCUT2D eigenvalue weighted by Crippen LogP contribution is -2.15. The number of rotatable bonds is 3. The van der Waals surface area contributed by atoms with Crippen LogP contribution in [0.4, 0.5) is 0 Å². The highest BCUT2D eigenvalue weighted by molar-refractivity contribution is 9.10. The maximum Gasteiger partial charge on any atom is 0.0792 e. The SMILES string of the molecule is Cc1cc(C(O)CC2CCC2)cc(C)c1Br. The Labute approximate surface area is 106 Å². The summed E-state index contributed by atoms with van der Waals surface area (Å²) in [5.41, 5.74) is 3.50. The van der Waals surface area contributed by atoms with Crippen molar-refractivity contribution in [2.24, 2.45) is 5.92 Å². The Kier molecular flexibility index (Phi) is 3.70. The summed E-state index contributed by atoms with van der Waals surface area (Å²) in [6.45, 7) is 4.16. The van der Waals surface area contributed by atoms with Crippen LogP contribution in [0.3, 0.4) is 0 Å². The summed E-state index contributed by atoms with van der Waals surface area (Å²) in [4.78, 5) is 0. The first-order valence-electron chi connectivity index (χ1n) is 6.02. The van der Waals surface area contributed by atoms with E-state index in [1.807, 2.05) is 0 Å². The van der Waals surface area contributed by atoms with Gasteiger partial charge in [-0.2, -0.15) is 0 Å². The average Bonchev–Trinajstić information content (AvgIpc) is 2.19. The highest BCUT2D eigenvalue weighted by atomic mass is 79.9. The van der Waals surface area contributed by atoms with Crippen LogP contribution in [-0.4, -0.2) is 5.11 Å². The third-order valence-electron chi connectivity index (χ3n) is 3.62. The van der Waals surface area contributed by atoms with Crippen LogP contribution in [0.2, 0.25) is 0 Å². The number of benzene rings is 1. The molecule has 0 bridgehead atoms. The van der Waals surface area contributed by atoms with Crippen molar-refractivity contribution < 1.29 is 5.11 Å². The van der Waals surface area contributed by atoms with Gasteiger partial charge in [0.05, 0.1) is 6.10 Å². The van der Waals surface area contributed by atoms with Crippen LogP contribution >= 0.6 is 15.9 Å². The van der Waals surface area contributed by atoms with E-state index < -0.39 is 0 Å². The number of hydrogen-bond acceptors (Lipinski definition) is 1. The second kappa shape index (κ2) is 4.89. The molecule has 0 amide bonds. The van der Waals surface area contributed by atoms with Gasteiger partial charge < -0.3 is 5.11 Å². The molecule has 0 radical (unpaired) electrons. The third-order valence-corrected chi connectivity index (χ3v) is 4.88. The van der Waals surface area contributed by atoms with Crippen molar-refractivity contribution in [1.29, 1.82) is 0 Å². The Morgan fingerprint density at radius 1 is 1.31 bits per heavy atom. The van der Waals surface area contributed by atoms with Crippen molar-refractivity contribution in [2.45, 2.75) is 45.6 Å². The van der Waals surface area contributed by atoms with E-state index in [0.29, 0.717) is 0 Å². The van der Waals surface area contributed by atoms with E-state index in [0.717, 1.165) is 22.4 Å². The Balaban J connectivity index is 2.12. The van der Waals surface area contributed by atoms with Crippen LogP contribution in [0, 0.1) is 19.8 Å². The van der Waals surface area contributed by atoms with Crippen molar-refractivity contribution in [1.82, 2.24) is 0 Å². The fraction of sp³-hybridized carbons (Fsp3) is 0.571. The van der Waals surface area contributed by atoms with Crippen LogP contribution in [0.1, 0.15) is 48.5 Å². The van der Waals surface area contributed by atoms with Gasteiger partial charge in [0.2, 0.25) is 0 Å². The fourth-order valence-corrected chi connectivity index (χ4v) is 2.58. The standard InChI is InChI=1S/C14H19BrO/c1-9-6-12(7-10(2)14(9)15)13(16)8-11-4-3-5-11/h6-7,11,13,16H,3-5,8H2,1-2H3. The normalized spacial score (nSPS) is 18.2. The van der Waals surface area contributed by atoms with Gasteiger partial charge in [-0.05, 0) is 42.9 Å². The summed E-state index contributed by atoms with van der Waals surface area (Å²) in [6, 6.07) is 4.20. The fourth-order valence-electron chi connectivity index (χ4n) is 2.35. The lowest BCUT2D eigenvalue weighted by molar-refractivity contribution is 0.118. The van der Waals surface area contributed by atoms with E-state index in [1.165, 1.54) is 30.4 Å². The minimum Gasteiger partial charge on any atom is -0.388 e. The van der Waals surface area contributed by atoms with E-state index in [1.54, 1.807) is 0 Å². The van der Waals surface area contributed by atoms with Gasteiger partial charge in [0.25, 0.3) is 0 Å². The van der Waals surface area contributed by atoms with Crippen LogP contribution in [-0.2, 0) is 0 Å². The molecule has 1 aliphatic rings. The summed E-state index contributed by atoms with van der Waals surface area (Å²) in [5.74, 6) is 0.749. The Hall–Kier alpha value is -0.340. The summed E-state index contributed by atoms with van der Waals surface area (Å²) in [6.07, 6.45) is 4.59. The summed E-state index contributed by atoms with van der Waals surface area (Å²) >= 11 is 3.56. The summed E-state index contributed by atoms with van der Waals surface area (Å²) in [5, 5.41) is 10.2. The molecule has 1 unspecified atom stereocenters. The molecule has 1 N–H and O–H groups in total. The lowest BCUT2D eigenvalue weighted by atomic mass is 9.80. The van der Waals surface area contributed by atoms with Crippen LogP contribution in [0.5, 0.6) is 0 Å². The Morgan fingerprint density at radius 2 is 1.88 bits per heavy atom. The second-order valence-electron chi connectivity index (χ2n) is 5.02. The molecule has 0 spiro atoms. The van der Waals surface area contributed by atoms with Gasteiger partial charge in [0.1, 0.15) is 0 Å². The maximum absolute atomic E-state index is 10.2. The van der Waals surface area contributed by atoms with Crippen molar-refractivity contribution in [3.63, 3.8) is 0 Å². The van der Waals surface area contributed by atoms with Gasteiger partial charge in [0.15, 0.2) is 0 Å². The number of aliphatic hydroxyl groups is 1. The van der Waals surface area contributed by atoms with Gasteiger partial charge >= 0.3 is 0 Å². The topological polar surface area (TPSA) is 20.2 Å². The molecule has 0 heterocycles. The van der Waals surface area contributed by atoms with Gasteiger partial charge in [-0.1, -0.05) is 47.3 Å². The molecule has 1 fully saturated rings. The molecule has 88 valence electrons. The highest BCUT2D eigenvalue weighted by Crippen LogP contribution is 2.35. The third kappa shape index (κ3) is 2.49. The smallest absolute Gasteiger partial charge is 0.0792 e. The van der Waals surface area contributed by atoms with E-state index in [-0.39, 0.29) is 6.10 Å². The zero-order chi connectivity index (χ0) is 11.7. The van der Waals surface area contributed by atoms with Crippen molar-refractivity contribution in [3.05, 3.63) is 33.3 Å². The number of aliphatic hydroxyl groups excluding tert-OH is 1. The molecule has 1 aliphatic carbocycles. The van der Waals surface area contributed by atoms with Gasteiger partial charge in [0, 0.05) is 4.47 Å². The van der Waals surface area contributed by atoms with E-state index in [2.05, 4.69) is 41.9 Å². The second-order valence-corrected chi connectivity index (χ2v) is 5.81. The van der Waals surface area contributed by atoms with Crippen LogP contribution in [0.15, 0.2) is 16.6 Å². The van der Waals surface area contributed by atoms with Gasteiger partial charge in [-0.15, -0.1) is 0 Å². The highest BCUT2D eigenvalue weighted by Gasteiger charge is 2.22. The van der Waals surface area contributed by atoms with Gasteiger partial charge in [-0.3, -0.25) is 0 Å². The van der Waals surface area contributed by atoms with Gasteiger partial charge in [-0.25, -0.2) is 0 Å². The molecule has 1 aromatic rings. The molecule has 0 aliphatic heterocycles. The predicted octanol–water partition coefficient (Wildman–Crippen LogP) is 4.29. The number of halogens is 1. The Bertz CT molecular complexity index is 359. The lowest BCUT2D eigenvalue weighted by Gasteiger charge is -2.28. The zero-order valence-electron chi connectivity index (χ0n) is 9.96. The maximum atomic E-state index is 10.2. The molecule has 1 nitrogen and oxygen atoms in total. The molecule has 2 rings (SSSR count). The number of hydrogen-bond donors (Lipinski definition) is 1. The molecule has 1 saturated carbocycles. The van der Waals surface area contributed by atoms with E-state index >= 15 is 0 Å². The monoisotopic (exact) mass is 282 g/mol. The van der Waals surface area contributed by atoms with Crippen LogP contribution < -0.4 is 0 Å². The van der Waals surface area contributed by atoms with E-state index in [4.69, 9.17) is 0 Å². The zero-order valence-corrected chi connectivity index (χ0v) is 11.5. The Morgan fingerprint density at radius 3 is 2.31 bits per heavy atom. The minimum atomic E-state index is -0.282. The average molecular weight is 283 g/mol.